The number of halogens is 1. The molecule has 2 aromatic carbocycles. The van der Waals surface area contributed by atoms with Crippen molar-refractivity contribution in [1.29, 1.82) is 0 Å². The lowest BCUT2D eigenvalue weighted by Gasteiger charge is -2.55. The van der Waals surface area contributed by atoms with Crippen LogP contribution in [0.15, 0.2) is 36.4 Å². The first kappa shape index (κ1) is 37.0. The van der Waals surface area contributed by atoms with Gasteiger partial charge in [0.05, 0.1) is 6.54 Å². The van der Waals surface area contributed by atoms with E-state index < -0.39 is 95.1 Å². The number of carbonyl (C=O) groups excluding carboxylic acids is 3. The van der Waals surface area contributed by atoms with E-state index in [0.29, 0.717) is 0 Å². The van der Waals surface area contributed by atoms with E-state index in [2.05, 4.69) is 4.74 Å². The maximum absolute atomic E-state index is 15.6. The van der Waals surface area contributed by atoms with Crippen LogP contribution in [-0.2, 0) is 34.0 Å². The Morgan fingerprint density at radius 2 is 1.50 bits per heavy atom. The van der Waals surface area contributed by atoms with Crippen LogP contribution in [0.3, 0.4) is 0 Å². The number of nitrogens with one attached hydrogen (secondary N) is 1. The van der Waals surface area contributed by atoms with Crippen molar-refractivity contribution in [1.82, 2.24) is 15.1 Å². The van der Waals surface area contributed by atoms with E-state index >= 15 is 4.39 Å². The molecule has 0 aliphatic carbocycles. The summed E-state index contributed by atoms with van der Waals surface area (Å²) in [6.07, 6.45) is -0.818. The van der Waals surface area contributed by atoms with E-state index in [1.54, 1.807) is 0 Å². The van der Waals surface area contributed by atoms with Gasteiger partial charge in [-0.25, -0.2) is 4.39 Å². The van der Waals surface area contributed by atoms with Gasteiger partial charge in [-0.05, 0) is 12.1 Å². The summed E-state index contributed by atoms with van der Waals surface area (Å²) in [6, 6.07) is 6.74. The number of hydrogen-bond acceptors (Lipinski definition) is 19. The van der Waals surface area contributed by atoms with Gasteiger partial charge in [-0.3, -0.25) is 24.0 Å². The van der Waals surface area contributed by atoms with Crippen molar-refractivity contribution in [3.05, 3.63) is 64.5 Å². The second-order valence-corrected chi connectivity index (χ2v) is 10.8. The van der Waals surface area contributed by atoms with Gasteiger partial charge >= 0.3 is 23.8 Å². The molecule has 4 rings (SSSR count). The van der Waals surface area contributed by atoms with Crippen LogP contribution in [0.1, 0.15) is 27.0 Å². The molecular weight excluding hydrogens is 661 g/mol. The monoisotopic (exact) mass is 691 g/mol. The van der Waals surface area contributed by atoms with Gasteiger partial charge in [0.15, 0.2) is 6.29 Å². The van der Waals surface area contributed by atoms with Crippen molar-refractivity contribution in [2.45, 2.75) is 60.8 Å². The summed E-state index contributed by atoms with van der Waals surface area (Å²) in [6.45, 7) is -3.01. The number of morpholine rings is 1. The van der Waals surface area contributed by atoms with E-state index in [1.165, 1.54) is 12.1 Å². The topological polar surface area (TPSA) is 351 Å². The molecule has 0 saturated carbocycles. The quantitative estimate of drug-likeness (QED) is 0.0812. The van der Waals surface area contributed by atoms with Crippen molar-refractivity contribution in [3.8, 4) is 5.75 Å². The van der Waals surface area contributed by atoms with E-state index in [-0.39, 0.29) is 27.3 Å². The number of aliphatic hydroxyl groups is 13. The number of carbonyl (C=O) groups is 3. The molecule has 0 aromatic heterocycles. The zero-order valence-corrected chi connectivity index (χ0v) is 24.3. The summed E-state index contributed by atoms with van der Waals surface area (Å²) < 4.78 is 25.0. The van der Waals surface area contributed by atoms with Gasteiger partial charge in [-0.2, -0.15) is 4.90 Å². The minimum atomic E-state index is -4.43. The fraction of sp³-hybridized carbons (Fsp3) is 0.423. The third-order valence-electron chi connectivity index (χ3n) is 7.80. The predicted octanol–water partition coefficient (Wildman–Crippen LogP) is -7.26. The molecule has 21 nitrogen and oxygen atoms in total. The van der Waals surface area contributed by atoms with Gasteiger partial charge in [0, 0.05) is 35.8 Å². The Morgan fingerprint density at radius 1 is 0.958 bits per heavy atom. The molecule has 0 spiro atoms. The van der Waals surface area contributed by atoms with Gasteiger partial charge < -0.3 is 76.4 Å². The van der Waals surface area contributed by atoms with Gasteiger partial charge in [0.2, 0.25) is 0 Å². The van der Waals surface area contributed by atoms with Crippen LogP contribution in [0.2, 0.25) is 0 Å². The lowest BCUT2D eigenvalue weighted by Crippen LogP contribution is -2.83. The smallest absolute Gasteiger partial charge is 0.356 e. The lowest BCUT2D eigenvalue weighted by atomic mass is 9.91. The van der Waals surface area contributed by atoms with Crippen molar-refractivity contribution in [3.63, 3.8) is 0 Å². The van der Waals surface area contributed by atoms with Crippen molar-refractivity contribution < 1.29 is 94.6 Å². The third kappa shape index (κ3) is 5.30. The number of likely N-dealkylation sites (N-methyl/N-ethyl adjacent to an activating group) is 1. The zero-order valence-electron chi connectivity index (χ0n) is 24.3. The number of ether oxygens (including phenoxy) is 2. The van der Waals surface area contributed by atoms with Crippen molar-refractivity contribution in [2.24, 2.45) is 0 Å². The summed E-state index contributed by atoms with van der Waals surface area (Å²) in [7, 11) is 0.876. The first-order valence-corrected chi connectivity index (χ1v) is 13.3. The van der Waals surface area contributed by atoms with Gasteiger partial charge in [-0.1, -0.05) is 24.3 Å². The molecule has 1 saturated heterocycles. The number of aldehydes is 1. The van der Waals surface area contributed by atoms with Crippen molar-refractivity contribution >= 4 is 18.1 Å². The second kappa shape index (κ2) is 11.7. The Morgan fingerprint density at radius 3 is 2.04 bits per heavy atom. The largest absolute Gasteiger partial charge is 0.488 e. The van der Waals surface area contributed by atoms with Crippen LogP contribution in [0.4, 0.5) is 4.39 Å². The number of benzene rings is 2. The molecule has 1 unspecified atom stereocenters. The predicted molar refractivity (Wildman–Crippen MR) is 142 cm³/mol. The van der Waals surface area contributed by atoms with E-state index in [0.717, 1.165) is 31.3 Å². The Labute approximate surface area is 266 Å². The molecule has 2 amide bonds. The summed E-state index contributed by atoms with van der Waals surface area (Å²) >= 11 is 0. The average Bonchev–Trinajstić information content (AvgIpc) is 3.34. The van der Waals surface area contributed by atoms with Gasteiger partial charge in [0.25, 0.3) is 29.1 Å². The first-order chi connectivity index (χ1) is 21.9. The second-order valence-electron chi connectivity index (χ2n) is 10.8. The summed E-state index contributed by atoms with van der Waals surface area (Å²) in [5.74, 6) is -30.2. The van der Waals surface area contributed by atoms with Gasteiger partial charge in [0.1, 0.15) is 18.2 Å². The molecule has 264 valence electrons. The average molecular weight is 692 g/mol. The summed E-state index contributed by atoms with van der Waals surface area (Å²) in [4.78, 5) is 36.7. The molecule has 2 aliphatic heterocycles. The Hall–Kier alpha value is -3.82. The Bertz CT molecular complexity index is 1600. The standard InChI is InChI=1S/C26H30FN3O18/c1-28-19(33)21(36,22(37,38)20(34,35)11-31)29-9-15-14(18(29)32)6-3-7-16(15)47-10-13-5-2-4-12(17(13)27)8-30-23(39,40)25(43,44)48-26(45,46)24(30,41)42/h2-7,11,34-46H,8-10H2,1H3,(H,28,33). The molecule has 48 heavy (non-hydrogen) atoms. The minimum Gasteiger partial charge on any atom is -0.488 e. The highest BCUT2D eigenvalue weighted by molar-refractivity contribution is 6.03. The summed E-state index contributed by atoms with van der Waals surface area (Å²) in [5.41, 5.74) is -5.46. The molecule has 1 atom stereocenters. The van der Waals surface area contributed by atoms with E-state index in [4.69, 9.17) is 4.74 Å². The van der Waals surface area contributed by atoms with Crippen LogP contribution in [-0.4, -0.2) is 142 Å². The van der Waals surface area contributed by atoms with E-state index in [1.807, 2.05) is 5.32 Å². The number of fused-ring (bicyclic) bond motifs is 1. The molecule has 14 N–H and O–H groups in total. The van der Waals surface area contributed by atoms with Crippen LogP contribution in [0.5, 0.6) is 5.75 Å². The SMILES string of the molecule is CNC(=O)C(O)(N1Cc2c(OCc3cccc(CN4C(O)(O)C(O)(O)OC(O)(O)C4(O)O)c3F)cccc2C1=O)C(O)(O)C(O)(O)C=O. The fourth-order valence-corrected chi connectivity index (χ4v) is 5.00. The molecule has 0 bridgehead atoms. The first-order valence-electron chi connectivity index (χ1n) is 13.3. The van der Waals surface area contributed by atoms with Crippen LogP contribution >= 0.6 is 0 Å². The maximum atomic E-state index is 15.6. The molecule has 0 radical (unpaired) electrons. The third-order valence-corrected chi connectivity index (χ3v) is 7.80. The number of hydrogen-bond donors (Lipinski definition) is 14. The Kier molecular flexibility index (Phi) is 8.99. The fourth-order valence-electron chi connectivity index (χ4n) is 5.00. The maximum Gasteiger partial charge on any atom is 0.356 e. The minimum absolute atomic E-state index is 0.0916. The number of rotatable bonds is 10. The molecule has 22 heteroatoms. The highest BCUT2D eigenvalue weighted by Crippen LogP contribution is 2.43. The molecule has 1 fully saturated rings. The van der Waals surface area contributed by atoms with Crippen molar-refractivity contribution in [2.75, 3.05) is 7.05 Å². The zero-order chi connectivity index (χ0) is 36.5. The molecule has 2 heterocycles. The number of nitrogens with zero attached hydrogens (tertiary/aromatic N) is 2. The van der Waals surface area contributed by atoms with Crippen LogP contribution in [0.25, 0.3) is 0 Å². The Balaban J connectivity index is 1.65. The van der Waals surface area contributed by atoms with Gasteiger partial charge in [-0.15, -0.1) is 0 Å². The molecule has 2 aliphatic rings. The molecular formula is C26H30FN3O18. The molecule has 2 aromatic rings. The normalized spacial score (nSPS) is 21.3. The highest BCUT2D eigenvalue weighted by Gasteiger charge is 2.74. The summed E-state index contributed by atoms with van der Waals surface area (Å²) in [5, 5.41) is 133. The number of amides is 2. The lowest BCUT2D eigenvalue weighted by molar-refractivity contribution is -0.659. The van der Waals surface area contributed by atoms with Crippen LogP contribution < -0.4 is 10.1 Å². The highest BCUT2D eigenvalue weighted by atomic mass is 19.1. The van der Waals surface area contributed by atoms with E-state index in [9.17, 15) is 80.8 Å². The van der Waals surface area contributed by atoms with Crippen LogP contribution in [0, 0.1) is 5.82 Å².